The Morgan fingerprint density at radius 1 is 0.971 bits per heavy atom. The molecule has 3 atom stereocenters. The summed E-state index contributed by atoms with van der Waals surface area (Å²) in [5, 5.41) is 18.6. The number of hydrogen-bond acceptors (Lipinski definition) is 5. The molecule has 4 heterocycles. The topological polar surface area (TPSA) is 107 Å². The molecule has 2 aromatic carbocycles. The van der Waals surface area contributed by atoms with Crippen LogP contribution in [0, 0.1) is 5.92 Å². The van der Waals surface area contributed by atoms with E-state index in [2.05, 4.69) is 11.0 Å². The van der Waals surface area contributed by atoms with Gasteiger partial charge in [-0.25, -0.2) is 4.79 Å². The second kappa shape index (κ2) is 9.70. The molecule has 3 fully saturated rings. The molecule has 0 radical (unpaired) electrons. The van der Waals surface area contributed by atoms with Crippen molar-refractivity contribution in [2.75, 3.05) is 26.2 Å². The number of carbonyl (C=O) groups is 3. The average Bonchev–Trinajstić information content (AvgIpc) is 2.87. The summed E-state index contributed by atoms with van der Waals surface area (Å²) in [7, 11) is 0. The van der Waals surface area contributed by atoms with E-state index in [1.165, 1.54) is 5.56 Å². The van der Waals surface area contributed by atoms with Gasteiger partial charge in [0.05, 0.1) is 18.4 Å². The number of hydrogen-bond donors (Lipinski definition) is 2. The van der Waals surface area contributed by atoms with Gasteiger partial charge in [-0.3, -0.25) is 19.4 Å². The standard InChI is InChI=1S/C27H30N2O6/c30-24(31)15-22(26(32)33)18-5-7-20(8-6-18)25-21-4-2-1-3-17(21)11-14-29(25)27(34)35-23-16-28-12-9-19(23)10-13-28/h1-8,19,22-23,25H,9-16H2,(H,30,31)(H,32,33). The Balaban J connectivity index is 1.42. The number of nitrogens with zero attached hydrogens (tertiary/aromatic N) is 2. The minimum atomic E-state index is -1.18. The quantitative estimate of drug-likeness (QED) is 0.654. The first-order chi connectivity index (χ1) is 16.9. The number of rotatable bonds is 6. The zero-order valence-corrected chi connectivity index (χ0v) is 19.5. The Bertz CT molecular complexity index is 1110. The molecule has 8 heteroatoms. The smallest absolute Gasteiger partial charge is 0.410 e. The average molecular weight is 479 g/mol. The lowest BCUT2D eigenvalue weighted by molar-refractivity contribution is -0.145. The molecule has 0 spiro atoms. The summed E-state index contributed by atoms with van der Waals surface area (Å²) in [5.74, 6) is -3.05. The fourth-order valence-corrected chi connectivity index (χ4v) is 5.80. The SMILES string of the molecule is O=C(O)CC(C(=O)O)c1ccc(C2c3ccccc3CCN2C(=O)OC2CN3CCC2CC3)cc1. The van der Waals surface area contributed by atoms with Crippen LogP contribution in [0.1, 0.15) is 53.5 Å². The van der Waals surface area contributed by atoms with Crippen LogP contribution >= 0.6 is 0 Å². The van der Waals surface area contributed by atoms with Gasteiger partial charge in [0.1, 0.15) is 6.10 Å². The van der Waals surface area contributed by atoms with E-state index in [4.69, 9.17) is 9.84 Å². The zero-order valence-electron chi connectivity index (χ0n) is 19.5. The van der Waals surface area contributed by atoms with Crippen LogP contribution in [0.15, 0.2) is 48.5 Å². The molecule has 2 bridgehead atoms. The lowest BCUT2D eigenvalue weighted by Crippen LogP contribution is -2.53. The fraction of sp³-hybridized carbons (Fsp3) is 0.444. The molecule has 0 aromatic heterocycles. The van der Waals surface area contributed by atoms with Crippen LogP contribution in [0.5, 0.6) is 0 Å². The Kier molecular flexibility index (Phi) is 6.47. The summed E-state index contributed by atoms with van der Waals surface area (Å²) >= 11 is 0. The third kappa shape index (κ3) is 4.75. The van der Waals surface area contributed by atoms with Crippen molar-refractivity contribution < 1.29 is 29.3 Å². The molecule has 4 aliphatic rings. The molecule has 35 heavy (non-hydrogen) atoms. The van der Waals surface area contributed by atoms with Crippen LogP contribution < -0.4 is 0 Å². The normalized spacial score (nSPS) is 26.0. The zero-order chi connectivity index (χ0) is 24.5. The van der Waals surface area contributed by atoms with Gasteiger partial charge in [0.15, 0.2) is 0 Å². The fourth-order valence-electron chi connectivity index (χ4n) is 5.80. The molecule has 1 amide bonds. The van der Waals surface area contributed by atoms with Crippen molar-refractivity contribution in [3.63, 3.8) is 0 Å². The van der Waals surface area contributed by atoms with Crippen molar-refractivity contribution >= 4 is 18.0 Å². The number of carboxylic acid groups (broad SMARTS) is 2. The largest absolute Gasteiger partial charge is 0.481 e. The maximum Gasteiger partial charge on any atom is 0.410 e. The van der Waals surface area contributed by atoms with Gasteiger partial charge in [0.25, 0.3) is 0 Å². The van der Waals surface area contributed by atoms with Crippen LogP contribution in [-0.2, 0) is 20.7 Å². The molecule has 8 nitrogen and oxygen atoms in total. The highest BCUT2D eigenvalue weighted by atomic mass is 16.6. The van der Waals surface area contributed by atoms with E-state index in [1.807, 2.05) is 18.2 Å². The van der Waals surface area contributed by atoms with E-state index in [1.54, 1.807) is 29.2 Å². The summed E-state index contributed by atoms with van der Waals surface area (Å²) in [6, 6.07) is 14.6. The van der Waals surface area contributed by atoms with Crippen molar-refractivity contribution in [2.45, 2.75) is 43.7 Å². The predicted octanol–water partition coefficient (Wildman–Crippen LogP) is 3.51. The van der Waals surface area contributed by atoms with Crippen LogP contribution in [0.25, 0.3) is 0 Å². The molecule has 4 aliphatic heterocycles. The number of carboxylic acids is 2. The third-order valence-corrected chi connectivity index (χ3v) is 7.70. The lowest BCUT2D eigenvalue weighted by Gasteiger charge is -2.45. The van der Waals surface area contributed by atoms with E-state index in [0.717, 1.165) is 50.0 Å². The predicted molar refractivity (Wildman–Crippen MR) is 127 cm³/mol. The van der Waals surface area contributed by atoms with Gasteiger partial charge in [-0.05, 0) is 60.5 Å². The van der Waals surface area contributed by atoms with Gasteiger partial charge in [0, 0.05) is 13.1 Å². The molecule has 0 saturated carbocycles. The van der Waals surface area contributed by atoms with Crippen LogP contribution in [0.2, 0.25) is 0 Å². The molecule has 2 N–H and O–H groups in total. The van der Waals surface area contributed by atoms with Crippen LogP contribution in [0.3, 0.4) is 0 Å². The Hall–Kier alpha value is -3.39. The number of carbonyl (C=O) groups excluding carboxylic acids is 1. The van der Waals surface area contributed by atoms with E-state index in [9.17, 15) is 19.5 Å². The van der Waals surface area contributed by atoms with E-state index in [-0.39, 0.29) is 18.2 Å². The molecule has 6 rings (SSSR count). The minimum Gasteiger partial charge on any atom is -0.481 e. The maximum atomic E-state index is 13.5. The van der Waals surface area contributed by atoms with Gasteiger partial charge < -0.3 is 14.9 Å². The summed E-state index contributed by atoms with van der Waals surface area (Å²) in [6.07, 6.45) is 1.97. The molecule has 0 aliphatic carbocycles. The molecule has 2 aromatic rings. The maximum absolute atomic E-state index is 13.5. The van der Waals surface area contributed by atoms with Crippen LogP contribution in [0.4, 0.5) is 4.79 Å². The lowest BCUT2D eigenvalue weighted by atomic mass is 9.85. The van der Waals surface area contributed by atoms with Crippen molar-refractivity contribution in [3.8, 4) is 0 Å². The second-order valence-electron chi connectivity index (χ2n) is 9.76. The second-order valence-corrected chi connectivity index (χ2v) is 9.76. The van der Waals surface area contributed by atoms with Gasteiger partial charge in [-0.1, -0.05) is 48.5 Å². The van der Waals surface area contributed by atoms with Gasteiger partial charge in [-0.2, -0.15) is 0 Å². The highest BCUT2D eigenvalue weighted by Gasteiger charge is 2.39. The van der Waals surface area contributed by atoms with Crippen molar-refractivity contribution in [1.82, 2.24) is 9.80 Å². The Morgan fingerprint density at radius 3 is 2.31 bits per heavy atom. The summed E-state index contributed by atoms with van der Waals surface area (Å²) in [4.78, 5) is 40.4. The highest BCUT2D eigenvalue weighted by molar-refractivity contribution is 5.82. The van der Waals surface area contributed by atoms with Crippen LogP contribution in [-0.4, -0.2) is 70.3 Å². The van der Waals surface area contributed by atoms with E-state index in [0.29, 0.717) is 18.0 Å². The van der Waals surface area contributed by atoms with Crippen molar-refractivity contribution in [2.24, 2.45) is 5.92 Å². The first-order valence-corrected chi connectivity index (χ1v) is 12.2. The first kappa shape index (κ1) is 23.4. The summed E-state index contributed by atoms with van der Waals surface area (Å²) < 4.78 is 6.07. The Morgan fingerprint density at radius 2 is 1.69 bits per heavy atom. The first-order valence-electron chi connectivity index (χ1n) is 12.2. The van der Waals surface area contributed by atoms with Gasteiger partial charge in [0.2, 0.25) is 0 Å². The number of piperidine rings is 3. The summed E-state index contributed by atoms with van der Waals surface area (Å²) in [5.41, 5.74) is 3.46. The monoisotopic (exact) mass is 478 g/mol. The highest BCUT2D eigenvalue weighted by Crippen LogP contribution is 2.37. The number of ether oxygens (including phenoxy) is 1. The Labute approximate surface area is 204 Å². The number of amides is 1. The molecular weight excluding hydrogens is 448 g/mol. The third-order valence-electron chi connectivity index (χ3n) is 7.70. The summed E-state index contributed by atoms with van der Waals surface area (Å²) in [6.45, 7) is 3.47. The molecule has 184 valence electrons. The molecule has 3 saturated heterocycles. The molecular formula is C27H30N2O6. The molecule has 3 unspecified atom stereocenters. The van der Waals surface area contributed by atoms with E-state index < -0.39 is 24.3 Å². The number of benzene rings is 2. The number of aliphatic carboxylic acids is 2. The van der Waals surface area contributed by atoms with Gasteiger partial charge >= 0.3 is 18.0 Å². The van der Waals surface area contributed by atoms with Crippen molar-refractivity contribution in [3.05, 3.63) is 70.8 Å². The minimum absolute atomic E-state index is 0.0856. The van der Waals surface area contributed by atoms with Gasteiger partial charge in [-0.15, -0.1) is 0 Å². The van der Waals surface area contributed by atoms with E-state index >= 15 is 0 Å². The van der Waals surface area contributed by atoms with Crippen molar-refractivity contribution in [1.29, 1.82) is 0 Å². The number of fused-ring (bicyclic) bond motifs is 4.